The highest BCUT2D eigenvalue weighted by atomic mass is 35.5. The maximum atomic E-state index is 13.3. The number of nitrogens with zero attached hydrogens (tertiary/aromatic N) is 2. The molecule has 4 bridgehead atoms. The minimum Gasteiger partial charge on any atom is -0.481 e. The number of nitrogens with one attached hydrogen (secondary N) is 1. The van der Waals surface area contributed by atoms with Gasteiger partial charge in [0.25, 0.3) is 5.56 Å². The van der Waals surface area contributed by atoms with Gasteiger partial charge in [0.15, 0.2) is 0 Å². The maximum absolute atomic E-state index is 13.3. The summed E-state index contributed by atoms with van der Waals surface area (Å²) in [6.07, 6.45) is 5.99. The molecule has 1 aromatic carbocycles. The zero-order chi connectivity index (χ0) is 20.3. The molecule has 152 valence electrons. The number of rotatable bonds is 4. The number of hydrogen-bond donors (Lipinski definition) is 2. The van der Waals surface area contributed by atoms with Crippen molar-refractivity contribution in [1.29, 1.82) is 0 Å². The highest BCUT2D eigenvalue weighted by molar-refractivity contribution is 6.33. The van der Waals surface area contributed by atoms with Crippen LogP contribution in [0.1, 0.15) is 37.7 Å². The number of carbonyl (C=O) groups is 1. The van der Waals surface area contributed by atoms with Crippen LogP contribution in [0.3, 0.4) is 0 Å². The van der Waals surface area contributed by atoms with Gasteiger partial charge in [-0.1, -0.05) is 29.3 Å². The molecule has 0 amide bonds. The minimum atomic E-state index is -0.819. The molecule has 3 atom stereocenters. The third kappa shape index (κ3) is 2.88. The van der Waals surface area contributed by atoms with E-state index in [9.17, 15) is 14.7 Å². The number of carboxylic acid groups (broad SMARTS) is 1. The molecule has 0 unspecified atom stereocenters. The second-order valence-electron chi connectivity index (χ2n) is 9.11. The second-order valence-corrected chi connectivity index (χ2v) is 9.49. The van der Waals surface area contributed by atoms with E-state index in [0.717, 1.165) is 30.5 Å². The van der Waals surface area contributed by atoms with Crippen LogP contribution < -0.4 is 10.9 Å². The van der Waals surface area contributed by atoms with Crippen LogP contribution in [0.4, 0.5) is 11.4 Å². The first-order chi connectivity index (χ1) is 13.9. The summed E-state index contributed by atoms with van der Waals surface area (Å²) in [4.78, 5) is 25.5. The molecule has 0 spiro atoms. The van der Waals surface area contributed by atoms with E-state index in [4.69, 9.17) is 11.6 Å². The zero-order valence-corrected chi connectivity index (χ0v) is 17.0. The molecule has 0 saturated heterocycles. The Bertz CT molecular complexity index is 1020. The van der Waals surface area contributed by atoms with Gasteiger partial charge in [-0.3, -0.25) is 9.59 Å². The highest BCUT2D eigenvalue weighted by Gasteiger charge is 2.61. The highest BCUT2D eigenvalue weighted by Crippen LogP contribution is 2.61. The van der Waals surface area contributed by atoms with Gasteiger partial charge in [-0.2, -0.15) is 5.10 Å². The Kier molecular flexibility index (Phi) is 4.24. The van der Waals surface area contributed by atoms with Crippen molar-refractivity contribution in [3.8, 4) is 0 Å². The molecular weight excluding hydrogens is 390 g/mol. The Morgan fingerprint density at radius 3 is 2.48 bits per heavy atom. The third-order valence-electron chi connectivity index (χ3n) is 7.21. The van der Waals surface area contributed by atoms with Crippen molar-refractivity contribution in [2.75, 3.05) is 5.32 Å². The van der Waals surface area contributed by atoms with Gasteiger partial charge in [0.2, 0.25) is 0 Å². The van der Waals surface area contributed by atoms with Crippen LogP contribution in [0, 0.1) is 30.6 Å². The Labute approximate surface area is 173 Å². The molecule has 29 heavy (non-hydrogen) atoms. The van der Waals surface area contributed by atoms with Crippen LogP contribution in [0.2, 0.25) is 5.02 Å². The van der Waals surface area contributed by atoms with E-state index in [1.165, 1.54) is 4.68 Å². The van der Waals surface area contributed by atoms with Crippen molar-refractivity contribution in [3.05, 3.63) is 51.4 Å². The standard InChI is InChI=1S/C22H24ClN3O3/c1-12-2-4-16(5-3-12)25-17-11-24-26(20(27)19(17)23)22-9-13-6-14(10-22)8-15(7-13)18(22)21(28)29/h2-5,11,13-15,18,25H,6-10H2,1H3,(H,28,29)/t13-,14-,15?,18+,22?/m0/s1. The largest absolute Gasteiger partial charge is 0.481 e. The first-order valence-corrected chi connectivity index (χ1v) is 10.6. The van der Waals surface area contributed by atoms with Gasteiger partial charge >= 0.3 is 5.97 Å². The Balaban J connectivity index is 1.55. The Morgan fingerprint density at radius 1 is 1.21 bits per heavy atom. The van der Waals surface area contributed by atoms with Gasteiger partial charge < -0.3 is 10.4 Å². The topological polar surface area (TPSA) is 84.2 Å². The molecule has 1 aromatic heterocycles. The summed E-state index contributed by atoms with van der Waals surface area (Å²) in [5.74, 6) is -0.327. The van der Waals surface area contributed by atoms with Crippen molar-refractivity contribution in [2.24, 2.45) is 23.7 Å². The van der Waals surface area contributed by atoms with Crippen LogP contribution in [0.5, 0.6) is 0 Å². The SMILES string of the molecule is Cc1ccc(Nc2cnn(C34C[C@@H]5CC(C[C@H](C5)C3)[C@@H]4C(=O)O)c(=O)c2Cl)cc1. The molecule has 1 heterocycles. The molecular formula is C22H24ClN3O3. The molecule has 6 rings (SSSR count). The molecule has 4 aliphatic rings. The van der Waals surface area contributed by atoms with E-state index in [-0.39, 0.29) is 10.9 Å². The fraction of sp³-hybridized carbons (Fsp3) is 0.500. The molecule has 0 radical (unpaired) electrons. The maximum Gasteiger partial charge on any atom is 0.309 e. The molecule has 2 aromatic rings. The fourth-order valence-electron chi connectivity index (χ4n) is 6.36. The quantitative estimate of drug-likeness (QED) is 0.785. The third-order valence-corrected chi connectivity index (χ3v) is 7.58. The average molecular weight is 414 g/mol. The molecule has 4 saturated carbocycles. The first-order valence-electron chi connectivity index (χ1n) is 10.2. The van der Waals surface area contributed by atoms with Gasteiger partial charge in [-0.25, -0.2) is 4.68 Å². The van der Waals surface area contributed by atoms with Gasteiger partial charge in [0, 0.05) is 5.69 Å². The molecule has 6 nitrogen and oxygen atoms in total. The van der Waals surface area contributed by atoms with Crippen LogP contribution in [0.25, 0.3) is 0 Å². The summed E-state index contributed by atoms with van der Waals surface area (Å²) in [6.45, 7) is 2.00. The lowest BCUT2D eigenvalue weighted by atomic mass is 9.48. The number of carboxylic acids is 1. The van der Waals surface area contributed by atoms with Crippen molar-refractivity contribution < 1.29 is 9.90 Å². The summed E-state index contributed by atoms with van der Waals surface area (Å²) in [7, 11) is 0. The molecule has 2 N–H and O–H groups in total. The van der Waals surface area contributed by atoms with E-state index >= 15 is 0 Å². The molecule has 0 aliphatic heterocycles. The lowest BCUT2D eigenvalue weighted by molar-refractivity contribution is -0.168. The van der Waals surface area contributed by atoms with Crippen LogP contribution in [-0.4, -0.2) is 20.9 Å². The first kappa shape index (κ1) is 18.7. The summed E-state index contributed by atoms with van der Waals surface area (Å²) in [5.41, 5.74) is 1.22. The van der Waals surface area contributed by atoms with Crippen molar-refractivity contribution in [2.45, 2.75) is 44.6 Å². The van der Waals surface area contributed by atoms with Gasteiger partial charge in [-0.05, 0) is 68.9 Å². The number of aryl methyl sites for hydroxylation is 1. The summed E-state index contributed by atoms with van der Waals surface area (Å²) < 4.78 is 1.42. The van der Waals surface area contributed by atoms with E-state index in [0.29, 0.717) is 30.4 Å². The second kappa shape index (κ2) is 6.59. The summed E-state index contributed by atoms with van der Waals surface area (Å²) >= 11 is 6.46. The fourth-order valence-corrected chi connectivity index (χ4v) is 6.54. The predicted octanol–water partition coefficient (Wildman–Crippen LogP) is 4.18. The Morgan fingerprint density at radius 2 is 1.86 bits per heavy atom. The smallest absolute Gasteiger partial charge is 0.309 e. The predicted molar refractivity (Wildman–Crippen MR) is 111 cm³/mol. The average Bonchev–Trinajstić information content (AvgIpc) is 2.66. The van der Waals surface area contributed by atoms with E-state index in [1.807, 2.05) is 31.2 Å². The zero-order valence-electron chi connectivity index (χ0n) is 16.3. The van der Waals surface area contributed by atoms with E-state index < -0.39 is 23.0 Å². The molecule has 4 fully saturated rings. The molecule has 7 heteroatoms. The number of benzene rings is 1. The Hall–Kier alpha value is -2.34. The van der Waals surface area contributed by atoms with E-state index in [2.05, 4.69) is 10.4 Å². The number of anilines is 2. The van der Waals surface area contributed by atoms with E-state index in [1.54, 1.807) is 6.20 Å². The number of aromatic nitrogens is 2. The van der Waals surface area contributed by atoms with Crippen LogP contribution in [-0.2, 0) is 10.3 Å². The van der Waals surface area contributed by atoms with Crippen LogP contribution >= 0.6 is 11.6 Å². The lowest BCUT2D eigenvalue weighted by Gasteiger charge is -2.59. The minimum absolute atomic E-state index is 0.0560. The number of halogens is 1. The number of hydrogen-bond acceptors (Lipinski definition) is 4. The lowest BCUT2D eigenvalue weighted by Crippen LogP contribution is -2.63. The number of aliphatic carboxylic acids is 1. The van der Waals surface area contributed by atoms with Gasteiger partial charge in [0.1, 0.15) is 5.02 Å². The van der Waals surface area contributed by atoms with Crippen LogP contribution in [0.15, 0.2) is 35.3 Å². The van der Waals surface area contributed by atoms with Gasteiger partial charge in [0.05, 0.1) is 23.3 Å². The van der Waals surface area contributed by atoms with Gasteiger partial charge in [-0.15, -0.1) is 0 Å². The molecule has 4 aliphatic carbocycles. The van der Waals surface area contributed by atoms with Crippen molar-refractivity contribution >= 4 is 28.9 Å². The summed E-state index contributed by atoms with van der Waals surface area (Å²) in [5, 5.41) is 17.7. The summed E-state index contributed by atoms with van der Waals surface area (Å²) in [6, 6.07) is 7.77. The monoisotopic (exact) mass is 413 g/mol. The normalized spacial score (nSPS) is 32.3. The van der Waals surface area contributed by atoms with Crippen molar-refractivity contribution in [3.63, 3.8) is 0 Å². The van der Waals surface area contributed by atoms with Crippen molar-refractivity contribution in [1.82, 2.24) is 9.78 Å².